The van der Waals surface area contributed by atoms with E-state index in [1.165, 1.54) is 18.2 Å². The first kappa shape index (κ1) is 22.0. The molecule has 144 valence electrons. The summed E-state index contributed by atoms with van der Waals surface area (Å²) in [4.78, 5) is 0. The third kappa shape index (κ3) is 9.27. The van der Waals surface area contributed by atoms with E-state index >= 15 is 0 Å². The zero-order valence-corrected chi connectivity index (χ0v) is 14.7. The molecule has 6 N–H and O–H groups in total. The lowest BCUT2D eigenvalue weighted by molar-refractivity contribution is 0.281. The fourth-order valence-electron chi connectivity index (χ4n) is 1.96. The molecule has 27 heavy (non-hydrogen) atoms. The molecule has 0 fully saturated rings. The molecule has 0 unspecified atom stereocenters. The second kappa shape index (κ2) is 12.3. The van der Waals surface area contributed by atoms with Crippen LogP contribution in [0.5, 0.6) is 17.2 Å². The van der Waals surface area contributed by atoms with Gasteiger partial charge in [0.15, 0.2) is 0 Å². The Bertz CT molecular complexity index is 696. The van der Waals surface area contributed by atoms with Gasteiger partial charge >= 0.3 is 0 Å². The monoisotopic (exact) mass is 372 g/mol. The van der Waals surface area contributed by atoms with Crippen molar-refractivity contribution in [1.29, 1.82) is 0 Å². The van der Waals surface area contributed by atoms with E-state index in [-0.39, 0.29) is 37.1 Å². The number of hydrogen-bond acceptors (Lipinski definition) is 6. The first-order valence-electron chi connectivity index (χ1n) is 8.14. The van der Waals surface area contributed by atoms with Crippen LogP contribution in [0, 0.1) is 0 Å². The minimum atomic E-state index is -0.0194. The van der Waals surface area contributed by atoms with Crippen molar-refractivity contribution in [1.82, 2.24) is 0 Å². The quantitative estimate of drug-likeness (QED) is 0.420. The molecule has 6 heteroatoms. The van der Waals surface area contributed by atoms with E-state index in [9.17, 15) is 0 Å². The van der Waals surface area contributed by atoms with Gasteiger partial charge in [0.25, 0.3) is 0 Å². The highest BCUT2D eigenvalue weighted by Gasteiger charge is 1.90. The molecule has 0 saturated carbocycles. The molecule has 3 aromatic carbocycles. The highest BCUT2D eigenvalue weighted by atomic mass is 16.3. The smallest absolute Gasteiger partial charge is 0.115 e. The van der Waals surface area contributed by atoms with Crippen molar-refractivity contribution >= 4 is 0 Å². The van der Waals surface area contributed by atoms with E-state index < -0.39 is 0 Å². The van der Waals surface area contributed by atoms with Crippen LogP contribution in [0.15, 0.2) is 72.8 Å². The van der Waals surface area contributed by atoms with Gasteiger partial charge in [-0.25, -0.2) is 0 Å². The maximum Gasteiger partial charge on any atom is 0.115 e. The SMILES string of the molecule is OCc1cccc(O)c1.OCc1cccc(O)c1.OCc1cccc(O)c1. The summed E-state index contributed by atoms with van der Waals surface area (Å²) < 4.78 is 0. The van der Waals surface area contributed by atoms with Gasteiger partial charge in [-0.05, 0) is 53.1 Å². The molecule has 0 radical (unpaired) electrons. The van der Waals surface area contributed by atoms with E-state index in [1.807, 2.05) is 0 Å². The largest absolute Gasteiger partial charge is 0.508 e. The lowest BCUT2D eigenvalue weighted by Gasteiger charge is -1.93. The van der Waals surface area contributed by atoms with E-state index in [1.54, 1.807) is 54.6 Å². The molecule has 0 aliphatic heterocycles. The predicted octanol–water partition coefficient (Wildman–Crippen LogP) is 2.65. The number of phenolic OH excluding ortho intramolecular Hbond substituents is 3. The van der Waals surface area contributed by atoms with Gasteiger partial charge in [-0.15, -0.1) is 0 Å². The third-order valence-corrected chi connectivity index (χ3v) is 3.28. The lowest BCUT2D eigenvalue weighted by Crippen LogP contribution is -1.79. The Hall–Kier alpha value is -3.06. The second-order valence-electron chi connectivity index (χ2n) is 5.48. The number of aliphatic hydroxyl groups excluding tert-OH is 3. The van der Waals surface area contributed by atoms with Crippen LogP contribution in [0.2, 0.25) is 0 Å². The van der Waals surface area contributed by atoms with Gasteiger partial charge in [-0.2, -0.15) is 0 Å². The van der Waals surface area contributed by atoms with Gasteiger partial charge in [0, 0.05) is 0 Å². The molecule has 0 spiro atoms. The minimum absolute atomic E-state index is 0.0194. The Morgan fingerprint density at radius 2 is 0.704 bits per heavy atom. The average Bonchev–Trinajstić information content (AvgIpc) is 2.69. The molecule has 0 heterocycles. The van der Waals surface area contributed by atoms with E-state index in [2.05, 4.69) is 0 Å². The zero-order valence-electron chi connectivity index (χ0n) is 14.7. The lowest BCUT2D eigenvalue weighted by atomic mass is 10.2. The van der Waals surface area contributed by atoms with E-state index in [0.717, 1.165) is 16.7 Å². The van der Waals surface area contributed by atoms with Gasteiger partial charge in [0.05, 0.1) is 19.8 Å². The minimum Gasteiger partial charge on any atom is -0.508 e. The highest BCUT2D eigenvalue weighted by molar-refractivity contribution is 5.27. The number of hydrogen-bond donors (Lipinski definition) is 6. The van der Waals surface area contributed by atoms with Crippen LogP contribution in [0.4, 0.5) is 0 Å². The Kier molecular flexibility index (Phi) is 10.0. The Morgan fingerprint density at radius 3 is 0.852 bits per heavy atom. The van der Waals surface area contributed by atoms with Gasteiger partial charge in [0.2, 0.25) is 0 Å². The molecule has 3 rings (SSSR count). The van der Waals surface area contributed by atoms with Crippen molar-refractivity contribution in [3.8, 4) is 17.2 Å². The highest BCUT2D eigenvalue weighted by Crippen LogP contribution is 2.11. The summed E-state index contributed by atoms with van der Waals surface area (Å²) in [6.45, 7) is -0.0583. The predicted molar refractivity (Wildman–Crippen MR) is 102 cm³/mol. The molecule has 0 amide bonds. The number of aromatic hydroxyl groups is 3. The van der Waals surface area contributed by atoms with E-state index in [4.69, 9.17) is 30.6 Å². The van der Waals surface area contributed by atoms with Gasteiger partial charge in [0.1, 0.15) is 17.2 Å². The molecule has 3 aromatic rings. The van der Waals surface area contributed by atoms with E-state index in [0.29, 0.717) is 0 Å². The third-order valence-electron chi connectivity index (χ3n) is 3.28. The normalized spacial score (nSPS) is 9.44. The van der Waals surface area contributed by atoms with Gasteiger partial charge < -0.3 is 30.6 Å². The molecule has 0 saturated heterocycles. The fourth-order valence-corrected chi connectivity index (χ4v) is 1.96. The zero-order chi connectivity index (χ0) is 20.1. The fraction of sp³-hybridized carbons (Fsp3) is 0.143. The molecular weight excluding hydrogens is 348 g/mol. The maximum absolute atomic E-state index is 8.83. The van der Waals surface area contributed by atoms with Gasteiger partial charge in [-0.1, -0.05) is 36.4 Å². The summed E-state index contributed by atoms with van der Waals surface area (Å²) in [6, 6.07) is 19.6. The van der Waals surface area contributed by atoms with Crippen molar-refractivity contribution in [3.05, 3.63) is 89.5 Å². The maximum atomic E-state index is 8.83. The van der Waals surface area contributed by atoms with Crippen LogP contribution in [0.3, 0.4) is 0 Å². The second-order valence-corrected chi connectivity index (χ2v) is 5.48. The Labute approximate surface area is 157 Å². The summed E-state index contributed by atoms with van der Waals surface area (Å²) in [7, 11) is 0. The Balaban J connectivity index is 0.000000202. The summed E-state index contributed by atoms with van der Waals surface area (Å²) in [5.74, 6) is 0.588. The summed E-state index contributed by atoms with van der Waals surface area (Å²) >= 11 is 0. The summed E-state index contributed by atoms with van der Waals surface area (Å²) in [5, 5.41) is 52.2. The molecule has 0 aliphatic carbocycles. The number of benzene rings is 3. The summed E-state index contributed by atoms with van der Waals surface area (Å²) in [6.07, 6.45) is 0. The molecule has 0 aliphatic rings. The first-order valence-corrected chi connectivity index (χ1v) is 8.14. The topological polar surface area (TPSA) is 121 Å². The van der Waals surface area contributed by atoms with Crippen LogP contribution in [0.25, 0.3) is 0 Å². The van der Waals surface area contributed by atoms with Crippen molar-refractivity contribution < 1.29 is 30.6 Å². The van der Waals surface area contributed by atoms with Gasteiger partial charge in [-0.3, -0.25) is 0 Å². The number of aliphatic hydroxyl groups is 3. The number of rotatable bonds is 3. The van der Waals surface area contributed by atoms with Crippen molar-refractivity contribution in [3.63, 3.8) is 0 Å². The summed E-state index contributed by atoms with van der Waals surface area (Å²) in [5.41, 5.74) is 2.19. The van der Waals surface area contributed by atoms with Crippen molar-refractivity contribution in [2.75, 3.05) is 0 Å². The molecule has 6 nitrogen and oxygen atoms in total. The average molecular weight is 372 g/mol. The molecule has 0 atom stereocenters. The van der Waals surface area contributed by atoms with Crippen LogP contribution in [-0.4, -0.2) is 30.6 Å². The molecule has 0 bridgehead atoms. The molecule has 0 aromatic heterocycles. The van der Waals surface area contributed by atoms with Crippen LogP contribution >= 0.6 is 0 Å². The Morgan fingerprint density at radius 1 is 0.444 bits per heavy atom. The van der Waals surface area contributed by atoms with Crippen LogP contribution in [0.1, 0.15) is 16.7 Å². The molecular formula is C21H24O6. The van der Waals surface area contributed by atoms with Crippen LogP contribution in [-0.2, 0) is 19.8 Å². The number of phenols is 3. The first-order chi connectivity index (χ1) is 13.0. The van der Waals surface area contributed by atoms with Crippen LogP contribution < -0.4 is 0 Å². The standard InChI is InChI=1S/3C7H8O2/c3*8-5-6-2-1-3-7(9)4-6/h3*1-4,8-9H,5H2. The van der Waals surface area contributed by atoms with Crippen molar-refractivity contribution in [2.45, 2.75) is 19.8 Å². The van der Waals surface area contributed by atoms with Crippen molar-refractivity contribution in [2.24, 2.45) is 0 Å².